The molecule has 9 heteroatoms. The molecule has 30 heavy (non-hydrogen) atoms. The van der Waals surface area contributed by atoms with Gasteiger partial charge in [-0.25, -0.2) is 9.59 Å². The van der Waals surface area contributed by atoms with Crippen LogP contribution in [0.25, 0.3) is 0 Å². The minimum atomic E-state index is -1.09. The fraction of sp³-hybridized carbons (Fsp3) is 0.571. The average molecular weight is 424 g/mol. The molecule has 0 heterocycles. The van der Waals surface area contributed by atoms with Crippen LogP contribution in [0.3, 0.4) is 0 Å². The molecule has 0 aliphatic carbocycles. The van der Waals surface area contributed by atoms with Gasteiger partial charge in [-0.2, -0.15) is 0 Å². The van der Waals surface area contributed by atoms with Gasteiger partial charge in [0.15, 0.2) is 0 Å². The Morgan fingerprint density at radius 3 is 2.10 bits per heavy atom. The molecule has 3 N–H and O–H groups in total. The van der Waals surface area contributed by atoms with Crippen LogP contribution in [-0.4, -0.2) is 63.1 Å². The lowest BCUT2D eigenvalue weighted by Gasteiger charge is -2.26. The second-order valence-electron chi connectivity index (χ2n) is 7.75. The third kappa shape index (κ3) is 8.38. The third-order valence-corrected chi connectivity index (χ3v) is 4.22. The Bertz CT molecular complexity index is 742. The predicted octanol–water partition coefficient (Wildman–Crippen LogP) is 2.80. The fourth-order valence-corrected chi connectivity index (χ4v) is 3.15. The van der Waals surface area contributed by atoms with Crippen LogP contribution in [-0.2, 0) is 14.9 Å². The summed E-state index contributed by atoms with van der Waals surface area (Å²) in [5.41, 5.74) is 2.66. The van der Waals surface area contributed by atoms with Gasteiger partial charge in [0.25, 0.3) is 0 Å². The minimum Gasteiger partial charge on any atom is -0.465 e. The van der Waals surface area contributed by atoms with Gasteiger partial charge in [0.1, 0.15) is 12.0 Å². The predicted molar refractivity (Wildman–Crippen MR) is 112 cm³/mol. The number of benzene rings is 1. The molecule has 0 bridgehead atoms. The van der Waals surface area contributed by atoms with Gasteiger partial charge in [-0.3, -0.25) is 4.79 Å². The van der Waals surface area contributed by atoms with Gasteiger partial charge in [-0.15, -0.1) is 0 Å². The number of carboxylic acid groups (broad SMARTS) is 1. The molecule has 1 aromatic carbocycles. The van der Waals surface area contributed by atoms with Gasteiger partial charge in [-0.1, -0.05) is 20.8 Å². The number of rotatable bonds is 11. The molecule has 2 amide bonds. The molecule has 1 aromatic rings. The molecule has 1 rings (SSSR count). The number of amides is 2. The minimum absolute atomic E-state index is 0.215. The number of nitrogens with one attached hydrogen (secondary N) is 2. The van der Waals surface area contributed by atoms with Crippen LogP contribution in [0.2, 0.25) is 0 Å². The highest BCUT2D eigenvalue weighted by atomic mass is 16.6. The van der Waals surface area contributed by atoms with Crippen LogP contribution in [0.5, 0.6) is 5.75 Å². The van der Waals surface area contributed by atoms with Gasteiger partial charge in [0.2, 0.25) is 0 Å². The molecule has 0 aliphatic heterocycles. The zero-order chi connectivity index (χ0) is 22.7. The van der Waals surface area contributed by atoms with Crippen molar-refractivity contribution in [3.8, 4) is 5.75 Å². The maximum Gasteiger partial charge on any atom is 0.412 e. The van der Waals surface area contributed by atoms with Crippen molar-refractivity contribution in [2.45, 2.75) is 40.0 Å². The Hall–Kier alpha value is -2.65. The van der Waals surface area contributed by atoms with Gasteiger partial charge in [0, 0.05) is 18.7 Å². The maximum atomic E-state index is 12.2. The average Bonchev–Trinajstić information content (AvgIpc) is 2.64. The van der Waals surface area contributed by atoms with Gasteiger partial charge in [0.05, 0.1) is 26.4 Å². The Labute approximate surface area is 177 Å². The number of aryl methyl sites for hydroxylation is 1. The van der Waals surface area contributed by atoms with Crippen LogP contribution in [0.4, 0.5) is 9.59 Å². The number of aldehydes is 1. The first kappa shape index (κ1) is 25.4. The molecular formula is C21H32N2O7. The van der Waals surface area contributed by atoms with E-state index in [0.29, 0.717) is 30.1 Å². The highest BCUT2D eigenvalue weighted by Gasteiger charge is 2.25. The zero-order valence-electron chi connectivity index (χ0n) is 18.3. The first-order valence-corrected chi connectivity index (χ1v) is 9.75. The number of carbonyl (C=O) groups is 3. The van der Waals surface area contributed by atoms with E-state index in [4.69, 9.17) is 19.3 Å². The normalized spacial score (nSPS) is 11.1. The Morgan fingerprint density at radius 1 is 1.03 bits per heavy atom. The van der Waals surface area contributed by atoms with E-state index in [2.05, 4.69) is 10.6 Å². The lowest BCUT2D eigenvalue weighted by atomic mass is 9.80. The van der Waals surface area contributed by atoms with Crippen molar-refractivity contribution >= 4 is 18.5 Å². The van der Waals surface area contributed by atoms with Crippen LogP contribution in [0.1, 0.15) is 47.8 Å². The molecule has 0 saturated heterocycles. The zero-order valence-corrected chi connectivity index (χ0v) is 18.3. The molecule has 9 nitrogen and oxygen atoms in total. The van der Waals surface area contributed by atoms with Crippen molar-refractivity contribution in [1.82, 2.24) is 10.6 Å². The van der Waals surface area contributed by atoms with E-state index in [9.17, 15) is 14.4 Å². The first-order valence-electron chi connectivity index (χ1n) is 9.75. The number of hydrogen-bond acceptors (Lipinski definition) is 6. The summed E-state index contributed by atoms with van der Waals surface area (Å²) in [5.74, 6) is 0.451. The van der Waals surface area contributed by atoms with Gasteiger partial charge >= 0.3 is 12.2 Å². The molecule has 0 radical (unpaired) electrons. The van der Waals surface area contributed by atoms with Crippen molar-refractivity contribution in [2.24, 2.45) is 0 Å². The van der Waals surface area contributed by atoms with Crippen LogP contribution < -0.4 is 15.4 Å². The standard InChI is InChI=1S/C21H32N2O7/c1-14-12-16(13-24)17(21(3,4)5)15(2)18(14)30-20(27)23-7-9-29-11-10-28-8-6-22-19(25)26/h12-13,22H,6-11H2,1-5H3,(H,23,27)(H,25,26). The van der Waals surface area contributed by atoms with Crippen LogP contribution in [0.15, 0.2) is 6.07 Å². The molecule has 0 fully saturated rings. The van der Waals surface area contributed by atoms with E-state index in [1.165, 1.54) is 0 Å². The second-order valence-corrected chi connectivity index (χ2v) is 7.75. The van der Waals surface area contributed by atoms with E-state index in [-0.39, 0.29) is 31.7 Å². The summed E-state index contributed by atoms with van der Waals surface area (Å²) in [6, 6.07) is 1.73. The van der Waals surface area contributed by atoms with E-state index >= 15 is 0 Å². The summed E-state index contributed by atoms with van der Waals surface area (Å²) >= 11 is 0. The summed E-state index contributed by atoms with van der Waals surface area (Å²) in [6.07, 6.45) is -0.860. The lowest BCUT2D eigenvalue weighted by Crippen LogP contribution is -2.31. The molecule has 0 aromatic heterocycles. The van der Waals surface area contributed by atoms with Crippen molar-refractivity contribution in [3.05, 3.63) is 28.3 Å². The molecular weight excluding hydrogens is 392 g/mol. The number of ether oxygens (including phenoxy) is 3. The van der Waals surface area contributed by atoms with Crippen molar-refractivity contribution in [3.63, 3.8) is 0 Å². The van der Waals surface area contributed by atoms with Crippen LogP contribution >= 0.6 is 0 Å². The second kappa shape index (κ2) is 12.1. The largest absolute Gasteiger partial charge is 0.465 e. The summed E-state index contributed by atoms with van der Waals surface area (Å²) in [6.45, 7) is 11.3. The third-order valence-electron chi connectivity index (χ3n) is 4.22. The monoisotopic (exact) mass is 424 g/mol. The number of hydrogen-bond donors (Lipinski definition) is 3. The molecule has 0 unspecified atom stereocenters. The Morgan fingerprint density at radius 2 is 1.60 bits per heavy atom. The number of carbonyl (C=O) groups excluding carboxylic acids is 2. The summed E-state index contributed by atoms with van der Waals surface area (Å²) in [7, 11) is 0. The highest BCUT2D eigenvalue weighted by Crippen LogP contribution is 2.36. The van der Waals surface area contributed by atoms with Crippen molar-refractivity contribution in [2.75, 3.05) is 39.5 Å². The molecule has 0 aliphatic rings. The van der Waals surface area contributed by atoms with Crippen molar-refractivity contribution < 1.29 is 33.7 Å². The van der Waals surface area contributed by atoms with E-state index in [0.717, 1.165) is 17.4 Å². The Kier molecular flexibility index (Phi) is 10.3. The van der Waals surface area contributed by atoms with Crippen molar-refractivity contribution in [1.29, 1.82) is 0 Å². The SMILES string of the molecule is Cc1cc(C=O)c(C(C)(C)C)c(C)c1OC(=O)NCCOCCOCCNC(=O)O. The molecule has 0 atom stereocenters. The lowest BCUT2D eigenvalue weighted by molar-refractivity contribution is 0.0500. The fourth-order valence-electron chi connectivity index (χ4n) is 3.15. The van der Waals surface area contributed by atoms with E-state index < -0.39 is 12.2 Å². The highest BCUT2D eigenvalue weighted by molar-refractivity contribution is 5.81. The molecule has 168 valence electrons. The summed E-state index contributed by atoms with van der Waals surface area (Å²) in [5, 5.41) is 13.2. The van der Waals surface area contributed by atoms with Gasteiger partial charge in [-0.05, 0) is 42.0 Å². The molecule has 0 saturated carbocycles. The quantitative estimate of drug-likeness (QED) is 0.369. The topological polar surface area (TPSA) is 123 Å². The van der Waals surface area contributed by atoms with E-state index in [1.807, 2.05) is 27.7 Å². The summed E-state index contributed by atoms with van der Waals surface area (Å²) < 4.78 is 16.0. The summed E-state index contributed by atoms with van der Waals surface area (Å²) in [4.78, 5) is 33.9. The first-order chi connectivity index (χ1) is 14.1. The van der Waals surface area contributed by atoms with Gasteiger partial charge < -0.3 is 30.0 Å². The molecule has 0 spiro atoms. The van der Waals surface area contributed by atoms with E-state index in [1.54, 1.807) is 13.0 Å². The Balaban J connectivity index is 2.44. The smallest absolute Gasteiger partial charge is 0.412 e. The van der Waals surface area contributed by atoms with Crippen LogP contribution in [0, 0.1) is 13.8 Å². The maximum absolute atomic E-state index is 12.2.